The van der Waals surface area contributed by atoms with Gasteiger partial charge in [-0.2, -0.15) is 13.9 Å². The van der Waals surface area contributed by atoms with Gasteiger partial charge in [0, 0.05) is 25.4 Å². The third-order valence-electron chi connectivity index (χ3n) is 2.75. The number of hydrogen-bond donors (Lipinski definition) is 1. The van der Waals surface area contributed by atoms with Crippen LogP contribution < -0.4 is 10.1 Å². The zero-order valence-electron chi connectivity index (χ0n) is 11.3. The van der Waals surface area contributed by atoms with Crippen LogP contribution in [0.1, 0.15) is 18.2 Å². The van der Waals surface area contributed by atoms with Crippen molar-refractivity contribution in [2.75, 3.05) is 5.32 Å². The van der Waals surface area contributed by atoms with Gasteiger partial charge in [0.1, 0.15) is 11.6 Å². The van der Waals surface area contributed by atoms with Crippen molar-refractivity contribution in [3.05, 3.63) is 35.8 Å². The van der Waals surface area contributed by atoms with Crippen LogP contribution in [0.15, 0.2) is 24.5 Å². The molecule has 2 rings (SSSR count). The fourth-order valence-electron chi connectivity index (χ4n) is 1.87. The minimum atomic E-state index is -2.84. The average Bonchev–Trinajstić information content (AvgIpc) is 2.78. The number of aromatic nitrogens is 3. The summed E-state index contributed by atoms with van der Waals surface area (Å²) in [5, 5.41) is 7.46. The highest BCUT2D eigenvalue weighted by Crippen LogP contribution is 2.16. The minimum absolute atomic E-state index is 0.0428. The number of halogens is 2. The minimum Gasteiger partial charge on any atom is -0.433 e. The first-order chi connectivity index (χ1) is 9.58. The second-order valence-electron chi connectivity index (χ2n) is 4.24. The number of ether oxygens (including phenoxy) is 1. The molecule has 2 aromatic rings. The van der Waals surface area contributed by atoms with Crippen LogP contribution in [0.2, 0.25) is 0 Å². The van der Waals surface area contributed by atoms with E-state index in [1.165, 1.54) is 12.3 Å². The van der Waals surface area contributed by atoms with Gasteiger partial charge in [-0.05, 0) is 18.6 Å². The molecule has 0 fully saturated rings. The monoisotopic (exact) mass is 282 g/mol. The third-order valence-corrected chi connectivity index (χ3v) is 2.75. The van der Waals surface area contributed by atoms with Crippen molar-refractivity contribution in [1.82, 2.24) is 14.8 Å². The van der Waals surface area contributed by atoms with Crippen molar-refractivity contribution in [2.45, 2.75) is 26.5 Å². The summed E-state index contributed by atoms with van der Waals surface area (Å²) in [6.07, 6.45) is 4.06. The molecule has 0 radical (unpaired) electrons. The van der Waals surface area contributed by atoms with Crippen LogP contribution in [0.4, 0.5) is 14.6 Å². The predicted molar refractivity (Wildman–Crippen MR) is 70.8 cm³/mol. The molecular weight excluding hydrogens is 266 g/mol. The zero-order valence-corrected chi connectivity index (χ0v) is 11.3. The molecule has 108 valence electrons. The lowest BCUT2D eigenvalue weighted by molar-refractivity contribution is -0.0500. The van der Waals surface area contributed by atoms with E-state index in [4.69, 9.17) is 0 Å². The van der Waals surface area contributed by atoms with Crippen molar-refractivity contribution < 1.29 is 13.5 Å². The zero-order chi connectivity index (χ0) is 14.5. The van der Waals surface area contributed by atoms with Gasteiger partial charge in [-0.1, -0.05) is 6.92 Å². The molecule has 2 heterocycles. The highest BCUT2D eigenvalue weighted by atomic mass is 19.3. The average molecular weight is 282 g/mol. The topological polar surface area (TPSA) is 52.0 Å². The van der Waals surface area contributed by atoms with E-state index in [1.807, 2.05) is 20.2 Å². The molecular formula is C13H16F2N4O. The molecule has 0 saturated carbocycles. The molecule has 0 saturated heterocycles. The van der Waals surface area contributed by atoms with Crippen LogP contribution in [0, 0.1) is 0 Å². The van der Waals surface area contributed by atoms with Gasteiger partial charge < -0.3 is 10.1 Å². The maximum absolute atomic E-state index is 12.0. The van der Waals surface area contributed by atoms with E-state index in [0.717, 1.165) is 17.7 Å². The first kappa shape index (κ1) is 14.2. The summed E-state index contributed by atoms with van der Waals surface area (Å²) in [7, 11) is 1.87. The van der Waals surface area contributed by atoms with Crippen LogP contribution in [-0.2, 0) is 20.0 Å². The van der Waals surface area contributed by atoms with E-state index in [-0.39, 0.29) is 5.75 Å². The summed E-state index contributed by atoms with van der Waals surface area (Å²) in [6, 6.07) is 3.05. The first-order valence-electron chi connectivity index (χ1n) is 6.24. The summed E-state index contributed by atoms with van der Waals surface area (Å²) in [6.45, 7) is -0.210. The van der Waals surface area contributed by atoms with E-state index in [2.05, 4.69) is 20.1 Å². The molecule has 0 atom stereocenters. The number of pyridine rings is 1. The van der Waals surface area contributed by atoms with E-state index < -0.39 is 6.61 Å². The van der Waals surface area contributed by atoms with Crippen LogP contribution in [0.25, 0.3) is 0 Å². The second-order valence-corrected chi connectivity index (χ2v) is 4.24. The molecule has 0 aliphatic carbocycles. The van der Waals surface area contributed by atoms with Crippen molar-refractivity contribution in [2.24, 2.45) is 7.05 Å². The van der Waals surface area contributed by atoms with E-state index in [9.17, 15) is 8.78 Å². The predicted octanol–water partition coefficient (Wildman–Crippen LogP) is 2.59. The van der Waals surface area contributed by atoms with Gasteiger partial charge in [0.25, 0.3) is 0 Å². The molecule has 1 N–H and O–H groups in total. The number of nitrogens with zero attached hydrogens (tertiary/aromatic N) is 3. The molecule has 5 nitrogen and oxygen atoms in total. The molecule has 0 amide bonds. The third kappa shape index (κ3) is 3.66. The molecule has 2 aromatic heterocycles. The summed E-state index contributed by atoms with van der Waals surface area (Å²) >= 11 is 0. The van der Waals surface area contributed by atoms with E-state index in [0.29, 0.717) is 12.4 Å². The number of hydrogen-bond acceptors (Lipinski definition) is 4. The Bertz CT molecular complexity index is 554. The highest BCUT2D eigenvalue weighted by molar-refractivity contribution is 5.38. The molecule has 0 spiro atoms. The molecule has 7 heteroatoms. The normalized spacial score (nSPS) is 10.8. The maximum Gasteiger partial charge on any atom is 0.387 e. The lowest BCUT2D eigenvalue weighted by Gasteiger charge is -2.07. The maximum atomic E-state index is 12.0. The van der Waals surface area contributed by atoms with Crippen LogP contribution >= 0.6 is 0 Å². The van der Waals surface area contributed by atoms with Gasteiger partial charge in [0.05, 0.1) is 11.9 Å². The van der Waals surface area contributed by atoms with Crippen molar-refractivity contribution in [1.29, 1.82) is 0 Å². The van der Waals surface area contributed by atoms with E-state index in [1.54, 1.807) is 10.7 Å². The molecule has 0 aliphatic rings. The van der Waals surface area contributed by atoms with Gasteiger partial charge in [0.15, 0.2) is 0 Å². The fourth-order valence-corrected chi connectivity index (χ4v) is 1.87. The Morgan fingerprint density at radius 3 is 2.80 bits per heavy atom. The highest BCUT2D eigenvalue weighted by Gasteiger charge is 2.07. The van der Waals surface area contributed by atoms with Crippen molar-refractivity contribution >= 4 is 5.82 Å². The largest absolute Gasteiger partial charge is 0.433 e. The molecule has 0 aromatic carbocycles. The van der Waals surface area contributed by atoms with Gasteiger partial charge in [-0.3, -0.25) is 4.68 Å². The van der Waals surface area contributed by atoms with Crippen LogP contribution in [0.5, 0.6) is 5.75 Å². The van der Waals surface area contributed by atoms with Gasteiger partial charge in [-0.25, -0.2) is 4.98 Å². The summed E-state index contributed by atoms with van der Waals surface area (Å²) < 4.78 is 30.0. The number of anilines is 1. The summed E-state index contributed by atoms with van der Waals surface area (Å²) in [5.41, 5.74) is 2.11. The van der Waals surface area contributed by atoms with Gasteiger partial charge in [-0.15, -0.1) is 0 Å². The number of nitrogens with one attached hydrogen (secondary N) is 1. The molecule has 0 aliphatic heterocycles. The van der Waals surface area contributed by atoms with Crippen molar-refractivity contribution in [3.8, 4) is 5.75 Å². The second kappa shape index (κ2) is 6.31. The van der Waals surface area contributed by atoms with Crippen LogP contribution in [0.3, 0.4) is 0 Å². The summed E-state index contributed by atoms with van der Waals surface area (Å²) in [5.74, 6) is 0.638. The standard InChI is InChI=1S/C13H16F2N4O/c1-3-11-9(8-19(2)18-11)6-16-12-5-4-10(7-17-12)20-13(14)15/h4-5,7-8,13H,3,6H2,1-2H3,(H,16,17). The Hall–Kier alpha value is -2.18. The van der Waals surface area contributed by atoms with Gasteiger partial charge >= 0.3 is 6.61 Å². The SMILES string of the molecule is CCc1nn(C)cc1CNc1ccc(OC(F)F)cn1. The molecule has 20 heavy (non-hydrogen) atoms. The quantitative estimate of drug-likeness (QED) is 0.884. The van der Waals surface area contributed by atoms with E-state index >= 15 is 0 Å². The Morgan fingerprint density at radius 1 is 1.40 bits per heavy atom. The van der Waals surface area contributed by atoms with Gasteiger partial charge in [0.2, 0.25) is 0 Å². The summed E-state index contributed by atoms with van der Waals surface area (Å²) in [4.78, 5) is 4.01. The number of rotatable bonds is 6. The first-order valence-corrected chi connectivity index (χ1v) is 6.24. The Balaban J connectivity index is 1.96. The Morgan fingerprint density at radius 2 is 2.20 bits per heavy atom. The molecule has 0 bridgehead atoms. The number of aryl methyl sites for hydroxylation is 2. The Kier molecular flexibility index (Phi) is 4.49. The lowest BCUT2D eigenvalue weighted by Crippen LogP contribution is -2.04. The fraction of sp³-hybridized carbons (Fsp3) is 0.385. The lowest BCUT2D eigenvalue weighted by atomic mass is 10.2. The Labute approximate surface area is 115 Å². The molecule has 0 unspecified atom stereocenters. The smallest absolute Gasteiger partial charge is 0.387 e. The van der Waals surface area contributed by atoms with Crippen molar-refractivity contribution in [3.63, 3.8) is 0 Å². The van der Waals surface area contributed by atoms with Crippen LogP contribution in [-0.4, -0.2) is 21.4 Å². The number of alkyl halides is 2.